The zero-order valence-corrected chi connectivity index (χ0v) is 13.5. The smallest absolute Gasteiger partial charge is 0.0507 e. The van der Waals surface area contributed by atoms with Crippen LogP contribution in [0.4, 0.5) is 0 Å². The second-order valence-electron chi connectivity index (χ2n) is 8.24. The van der Waals surface area contributed by atoms with Crippen LogP contribution in [0.5, 0.6) is 0 Å². The molecule has 2 spiro atoms. The lowest BCUT2D eigenvalue weighted by Gasteiger charge is -2.56. The van der Waals surface area contributed by atoms with Crippen LogP contribution in [-0.2, 0) is 4.74 Å². The maximum absolute atomic E-state index is 5.65. The Bertz CT molecular complexity index is 352. The van der Waals surface area contributed by atoms with Gasteiger partial charge in [-0.1, -0.05) is 32.1 Å². The first-order chi connectivity index (χ1) is 10.3. The molecule has 3 heteroatoms. The van der Waals surface area contributed by atoms with Crippen molar-refractivity contribution in [3.05, 3.63) is 0 Å². The number of hydrogen-bond acceptors (Lipinski definition) is 3. The topological polar surface area (TPSA) is 24.5 Å². The molecule has 2 saturated heterocycles. The highest BCUT2D eigenvalue weighted by Gasteiger charge is 2.48. The molecular weight excluding hydrogens is 260 g/mol. The van der Waals surface area contributed by atoms with Gasteiger partial charge in [-0.25, -0.2) is 0 Å². The molecule has 2 aliphatic heterocycles. The Kier molecular flexibility index (Phi) is 4.01. The number of piperazine rings is 1. The first-order valence-electron chi connectivity index (χ1n) is 9.38. The molecule has 0 radical (unpaired) electrons. The highest BCUT2D eigenvalue weighted by molar-refractivity contribution is 5.08. The van der Waals surface area contributed by atoms with E-state index in [4.69, 9.17) is 4.74 Å². The van der Waals surface area contributed by atoms with E-state index in [9.17, 15) is 0 Å². The highest BCUT2D eigenvalue weighted by Crippen LogP contribution is 2.42. The molecule has 4 rings (SSSR count). The fraction of sp³-hybridized carbons (Fsp3) is 1.00. The molecule has 0 aromatic carbocycles. The second kappa shape index (κ2) is 5.82. The fourth-order valence-corrected chi connectivity index (χ4v) is 5.44. The van der Waals surface area contributed by atoms with Crippen LogP contribution >= 0.6 is 0 Å². The molecule has 120 valence electrons. The first kappa shape index (κ1) is 14.5. The molecule has 1 unspecified atom stereocenters. The van der Waals surface area contributed by atoms with E-state index in [1.54, 1.807) is 0 Å². The van der Waals surface area contributed by atoms with Crippen molar-refractivity contribution >= 4 is 0 Å². The molecule has 0 amide bonds. The zero-order chi connectivity index (χ0) is 14.2. The van der Waals surface area contributed by atoms with Gasteiger partial charge in [0.15, 0.2) is 0 Å². The van der Waals surface area contributed by atoms with Crippen LogP contribution in [0.25, 0.3) is 0 Å². The van der Waals surface area contributed by atoms with E-state index in [0.717, 1.165) is 19.1 Å². The zero-order valence-electron chi connectivity index (χ0n) is 13.5. The summed E-state index contributed by atoms with van der Waals surface area (Å²) in [6.45, 7) is 5.86. The van der Waals surface area contributed by atoms with Crippen molar-refractivity contribution in [3.63, 3.8) is 0 Å². The molecule has 0 aromatic heterocycles. The molecule has 1 atom stereocenters. The van der Waals surface area contributed by atoms with E-state index in [-0.39, 0.29) is 0 Å². The molecule has 3 nitrogen and oxygen atoms in total. The van der Waals surface area contributed by atoms with Crippen molar-refractivity contribution in [2.45, 2.75) is 75.3 Å². The van der Waals surface area contributed by atoms with Crippen molar-refractivity contribution in [2.75, 3.05) is 32.8 Å². The monoisotopic (exact) mass is 292 g/mol. The summed E-state index contributed by atoms with van der Waals surface area (Å²) in [6.07, 6.45) is 14.1. The normalized spacial score (nSPS) is 35.7. The quantitative estimate of drug-likeness (QED) is 0.847. The Morgan fingerprint density at radius 3 is 2.48 bits per heavy atom. The molecule has 21 heavy (non-hydrogen) atoms. The van der Waals surface area contributed by atoms with Crippen LogP contribution in [-0.4, -0.2) is 48.8 Å². The summed E-state index contributed by atoms with van der Waals surface area (Å²) in [7, 11) is 0. The largest absolute Gasteiger partial charge is 0.381 e. The number of ether oxygens (including phenoxy) is 1. The third-order valence-corrected chi connectivity index (χ3v) is 6.80. The predicted octanol–water partition coefficient (Wildman–Crippen LogP) is 2.94. The van der Waals surface area contributed by atoms with Gasteiger partial charge in [-0.2, -0.15) is 0 Å². The van der Waals surface area contributed by atoms with Gasteiger partial charge in [-0.15, -0.1) is 0 Å². The molecule has 1 N–H and O–H groups in total. The average molecular weight is 292 g/mol. The van der Waals surface area contributed by atoms with E-state index in [0.29, 0.717) is 11.1 Å². The van der Waals surface area contributed by atoms with E-state index in [1.807, 2.05) is 0 Å². The Labute approximate surface area is 129 Å². The van der Waals surface area contributed by atoms with Crippen LogP contribution in [0.2, 0.25) is 0 Å². The van der Waals surface area contributed by atoms with Gasteiger partial charge in [0.1, 0.15) is 0 Å². The van der Waals surface area contributed by atoms with E-state index < -0.39 is 0 Å². The summed E-state index contributed by atoms with van der Waals surface area (Å²) in [5.41, 5.74) is 0.941. The SMILES string of the molecule is C1CCC2(CC1)CNC1(CCCC1)CN2CC1CCOC1. The molecule has 2 aliphatic carbocycles. The Balaban J connectivity index is 1.51. The van der Waals surface area contributed by atoms with Gasteiger partial charge in [0.25, 0.3) is 0 Å². The molecular formula is C18H32N2O. The van der Waals surface area contributed by atoms with Gasteiger partial charge in [0.05, 0.1) is 6.61 Å². The third kappa shape index (κ3) is 2.77. The second-order valence-corrected chi connectivity index (χ2v) is 8.24. The van der Waals surface area contributed by atoms with Crippen molar-refractivity contribution in [3.8, 4) is 0 Å². The lowest BCUT2D eigenvalue weighted by Crippen LogP contribution is -2.70. The molecule has 4 fully saturated rings. The first-order valence-corrected chi connectivity index (χ1v) is 9.38. The Hall–Kier alpha value is -0.120. The van der Waals surface area contributed by atoms with Crippen LogP contribution in [0.15, 0.2) is 0 Å². The van der Waals surface area contributed by atoms with Crippen molar-refractivity contribution in [2.24, 2.45) is 5.92 Å². The van der Waals surface area contributed by atoms with Gasteiger partial charge in [0.2, 0.25) is 0 Å². The van der Waals surface area contributed by atoms with Gasteiger partial charge in [0, 0.05) is 37.3 Å². The summed E-state index contributed by atoms with van der Waals surface area (Å²) in [4.78, 5) is 2.94. The molecule has 0 aromatic rings. The minimum atomic E-state index is 0.460. The molecule has 0 bridgehead atoms. The fourth-order valence-electron chi connectivity index (χ4n) is 5.44. The molecule has 2 saturated carbocycles. The van der Waals surface area contributed by atoms with Gasteiger partial charge in [-0.3, -0.25) is 4.90 Å². The van der Waals surface area contributed by atoms with Gasteiger partial charge >= 0.3 is 0 Å². The van der Waals surface area contributed by atoms with Crippen LogP contribution in [0, 0.1) is 5.92 Å². The van der Waals surface area contributed by atoms with E-state index >= 15 is 0 Å². The summed E-state index contributed by atoms with van der Waals surface area (Å²) in [5.74, 6) is 0.792. The lowest BCUT2D eigenvalue weighted by atomic mass is 9.75. The standard InChI is InChI=1S/C18H32N2O/c1-2-9-18(10-3-1)14-19-17(7-4-5-8-17)15-20(18)12-16-6-11-21-13-16/h16,19H,1-15H2. The van der Waals surface area contributed by atoms with Gasteiger partial charge < -0.3 is 10.1 Å². The lowest BCUT2D eigenvalue weighted by molar-refractivity contribution is -0.0277. The van der Waals surface area contributed by atoms with Gasteiger partial charge in [-0.05, 0) is 38.0 Å². The highest BCUT2D eigenvalue weighted by atomic mass is 16.5. The average Bonchev–Trinajstić information content (AvgIpc) is 3.17. The van der Waals surface area contributed by atoms with E-state index in [1.165, 1.54) is 83.8 Å². The third-order valence-electron chi connectivity index (χ3n) is 6.80. The molecule has 4 aliphatic rings. The summed E-state index contributed by atoms with van der Waals surface area (Å²) >= 11 is 0. The van der Waals surface area contributed by atoms with Crippen molar-refractivity contribution in [1.29, 1.82) is 0 Å². The summed E-state index contributed by atoms with van der Waals surface area (Å²) in [6, 6.07) is 0. The Morgan fingerprint density at radius 1 is 1.00 bits per heavy atom. The number of hydrogen-bond donors (Lipinski definition) is 1. The minimum absolute atomic E-state index is 0.460. The van der Waals surface area contributed by atoms with Crippen molar-refractivity contribution in [1.82, 2.24) is 10.2 Å². The number of rotatable bonds is 2. The minimum Gasteiger partial charge on any atom is -0.381 e. The number of nitrogens with zero attached hydrogens (tertiary/aromatic N) is 1. The maximum atomic E-state index is 5.65. The summed E-state index contributed by atoms with van der Waals surface area (Å²) in [5, 5.41) is 4.04. The Morgan fingerprint density at radius 2 is 1.76 bits per heavy atom. The van der Waals surface area contributed by atoms with Crippen LogP contribution in [0.1, 0.15) is 64.2 Å². The van der Waals surface area contributed by atoms with Crippen LogP contribution < -0.4 is 5.32 Å². The maximum Gasteiger partial charge on any atom is 0.0507 e. The summed E-state index contributed by atoms with van der Waals surface area (Å²) < 4.78 is 5.65. The number of nitrogens with one attached hydrogen (secondary N) is 1. The van der Waals surface area contributed by atoms with Crippen LogP contribution in [0.3, 0.4) is 0 Å². The van der Waals surface area contributed by atoms with Crippen molar-refractivity contribution < 1.29 is 4.74 Å². The molecule has 2 heterocycles. The predicted molar refractivity (Wildman–Crippen MR) is 85.5 cm³/mol. The van der Waals surface area contributed by atoms with E-state index in [2.05, 4.69) is 10.2 Å².